The summed E-state index contributed by atoms with van der Waals surface area (Å²) in [5.74, 6) is -0.632. The van der Waals surface area contributed by atoms with Gasteiger partial charge < -0.3 is 41.1 Å². The lowest BCUT2D eigenvalue weighted by Gasteiger charge is -2.32. The molecule has 0 aromatic carbocycles. The third-order valence-corrected chi connectivity index (χ3v) is 6.53. The first-order valence-corrected chi connectivity index (χ1v) is 14.0. The molecule has 2 heterocycles. The van der Waals surface area contributed by atoms with Crippen molar-refractivity contribution in [2.24, 2.45) is 0 Å². The molecule has 1 fully saturated rings. The van der Waals surface area contributed by atoms with Gasteiger partial charge in [0, 0.05) is 63.2 Å². The van der Waals surface area contributed by atoms with Crippen LogP contribution in [0.3, 0.4) is 0 Å². The molecule has 0 atom stereocenters. The highest BCUT2D eigenvalue weighted by Gasteiger charge is 2.33. The van der Waals surface area contributed by atoms with Crippen molar-refractivity contribution in [1.29, 1.82) is 5.41 Å². The molecule has 0 spiro atoms. The van der Waals surface area contributed by atoms with Crippen molar-refractivity contribution in [3.05, 3.63) is 65.0 Å². The second kappa shape index (κ2) is 15.0. The fourth-order valence-electron chi connectivity index (χ4n) is 4.35. The van der Waals surface area contributed by atoms with Gasteiger partial charge in [-0.2, -0.15) is 13.2 Å². The van der Waals surface area contributed by atoms with E-state index in [0.717, 1.165) is 51.2 Å². The van der Waals surface area contributed by atoms with Crippen molar-refractivity contribution in [2.75, 3.05) is 46.4 Å². The van der Waals surface area contributed by atoms with Gasteiger partial charge in [-0.1, -0.05) is 6.07 Å². The first-order chi connectivity index (χ1) is 20.2. The number of nitrogens with zero attached hydrogens (tertiary/aromatic N) is 2. The Hall–Kier alpha value is -3.91. The van der Waals surface area contributed by atoms with Gasteiger partial charge in [0.25, 0.3) is 5.91 Å². The standard InChI is InChI=1S/C29H40F3N7O4/c1-28(2,3)43-27(41)35-11-10-34-12-15-39-13-8-20(9-14-39)36-18-19-16-23(24(42-4)17-21(19)33)38-26(40)22-6-5-7-25(37-22)29(30,31)32/h5-7,16-18,20,33-34,36H,8-15H2,1-4H3,(H,35,41)(H,38,40)/b19-18-,33-21?. The average Bonchev–Trinajstić information content (AvgIpc) is 2.94. The van der Waals surface area contributed by atoms with Gasteiger partial charge in [0.05, 0.1) is 18.5 Å². The number of hydrogen-bond donors (Lipinski definition) is 5. The number of carbonyl (C=O) groups is 2. The molecule has 0 radical (unpaired) electrons. The van der Waals surface area contributed by atoms with Crippen molar-refractivity contribution in [3.8, 4) is 0 Å². The Labute approximate surface area is 249 Å². The normalized spacial score (nSPS) is 17.7. The van der Waals surface area contributed by atoms with Crippen LogP contribution in [0.5, 0.6) is 0 Å². The summed E-state index contributed by atoms with van der Waals surface area (Å²) in [6, 6.07) is 3.29. The number of halogens is 3. The number of nitrogens with one attached hydrogen (secondary N) is 5. The van der Waals surface area contributed by atoms with E-state index in [1.54, 1.807) is 6.20 Å². The van der Waals surface area contributed by atoms with E-state index in [1.165, 1.54) is 25.3 Å². The summed E-state index contributed by atoms with van der Waals surface area (Å²) in [4.78, 5) is 30.1. The number of likely N-dealkylation sites (tertiary alicyclic amines) is 1. The molecule has 236 valence electrons. The first-order valence-electron chi connectivity index (χ1n) is 14.0. The van der Waals surface area contributed by atoms with Gasteiger partial charge in [0.1, 0.15) is 22.7 Å². The summed E-state index contributed by atoms with van der Waals surface area (Å²) in [5.41, 5.74) is -1.23. The van der Waals surface area contributed by atoms with Crippen LogP contribution >= 0.6 is 0 Å². The summed E-state index contributed by atoms with van der Waals surface area (Å²) in [5, 5.41) is 20.3. The Morgan fingerprint density at radius 1 is 1.12 bits per heavy atom. The second-order valence-corrected chi connectivity index (χ2v) is 11.1. The van der Waals surface area contributed by atoms with E-state index in [4.69, 9.17) is 14.9 Å². The van der Waals surface area contributed by atoms with Crippen LogP contribution < -0.4 is 21.3 Å². The van der Waals surface area contributed by atoms with E-state index in [9.17, 15) is 22.8 Å². The topological polar surface area (TPSA) is 141 Å². The van der Waals surface area contributed by atoms with Gasteiger partial charge in [-0.15, -0.1) is 0 Å². The number of rotatable bonds is 11. The summed E-state index contributed by atoms with van der Waals surface area (Å²) >= 11 is 0. The third kappa shape index (κ3) is 11.0. The predicted octanol–water partition coefficient (Wildman–Crippen LogP) is 3.33. The second-order valence-electron chi connectivity index (χ2n) is 11.1. The highest BCUT2D eigenvalue weighted by atomic mass is 19.4. The minimum atomic E-state index is -4.68. The molecular weight excluding hydrogens is 567 g/mol. The number of piperidine rings is 1. The predicted molar refractivity (Wildman–Crippen MR) is 155 cm³/mol. The van der Waals surface area contributed by atoms with E-state index in [0.29, 0.717) is 18.7 Å². The molecule has 1 aliphatic heterocycles. The van der Waals surface area contributed by atoms with Gasteiger partial charge in [-0.3, -0.25) is 4.79 Å². The van der Waals surface area contributed by atoms with E-state index in [1.807, 2.05) is 20.8 Å². The number of ether oxygens (including phenoxy) is 2. The first kappa shape index (κ1) is 33.6. The van der Waals surface area contributed by atoms with Gasteiger partial charge in [-0.05, 0) is 51.8 Å². The van der Waals surface area contributed by atoms with Gasteiger partial charge in [0.15, 0.2) is 0 Å². The Morgan fingerprint density at radius 3 is 2.49 bits per heavy atom. The van der Waals surface area contributed by atoms with Crippen LogP contribution in [0.15, 0.2) is 53.6 Å². The molecule has 1 saturated heterocycles. The molecule has 0 unspecified atom stereocenters. The molecule has 0 bridgehead atoms. The fourth-order valence-corrected chi connectivity index (χ4v) is 4.35. The smallest absolute Gasteiger partial charge is 0.433 e. The van der Waals surface area contributed by atoms with Crippen molar-refractivity contribution in [2.45, 2.75) is 51.4 Å². The molecule has 5 N–H and O–H groups in total. The van der Waals surface area contributed by atoms with E-state index >= 15 is 0 Å². The molecule has 14 heteroatoms. The van der Waals surface area contributed by atoms with E-state index in [2.05, 4.69) is 31.2 Å². The monoisotopic (exact) mass is 607 g/mol. The minimum absolute atomic E-state index is 0.157. The number of pyridine rings is 1. The molecule has 3 rings (SSSR count). The molecular formula is C29H40F3N7O4. The number of aromatic nitrogens is 1. The number of allylic oxidation sites excluding steroid dienone is 3. The zero-order valence-electron chi connectivity index (χ0n) is 24.9. The van der Waals surface area contributed by atoms with Crippen LogP contribution in [-0.4, -0.2) is 85.6 Å². The third-order valence-electron chi connectivity index (χ3n) is 6.53. The quantitative estimate of drug-likeness (QED) is 0.242. The lowest BCUT2D eigenvalue weighted by Crippen LogP contribution is -2.44. The fraction of sp³-hybridized carbons (Fsp3) is 0.517. The van der Waals surface area contributed by atoms with E-state index < -0.39 is 35.2 Å². The van der Waals surface area contributed by atoms with Crippen molar-refractivity contribution in [1.82, 2.24) is 31.2 Å². The number of methoxy groups -OCH3 is 1. The molecule has 1 aromatic heterocycles. The van der Waals surface area contributed by atoms with Crippen molar-refractivity contribution >= 4 is 17.7 Å². The molecule has 1 aromatic rings. The summed E-state index contributed by atoms with van der Waals surface area (Å²) in [7, 11) is 1.37. The number of amides is 2. The van der Waals surface area contributed by atoms with Crippen molar-refractivity contribution in [3.63, 3.8) is 0 Å². The van der Waals surface area contributed by atoms with E-state index in [-0.39, 0.29) is 23.2 Å². The largest absolute Gasteiger partial charge is 0.494 e. The molecule has 43 heavy (non-hydrogen) atoms. The maximum Gasteiger partial charge on any atom is 0.433 e. The molecule has 2 amide bonds. The van der Waals surface area contributed by atoms with Crippen molar-refractivity contribution < 1.29 is 32.2 Å². The Kier molecular flexibility index (Phi) is 11.7. The number of alkyl carbamates (subject to hydrolysis) is 1. The Bertz CT molecular complexity index is 1250. The lowest BCUT2D eigenvalue weighted by atomic mass is 10.0. The van der Waals surface area contributed by atoms with Gasteiger partial charge >= 0.3 is 12.3 Å². The zero-order chi connectivity index (χ0) is 31.6. The maximum absolute atomic E-state index is 13.0. The number of carbonyl (C=O) groups excluding carboxylic acids is 2. The van der Waals surface area contributed by atoms with Gasteiger partial charge in [0.2, 0.25) is 0 Å². The molecule has 0 saturated carbocycles. The van der Waals surface area contributed by atoms with Crippen LogP contribution in [0.2, 0.25) is 0 Å². The Morgan fingerprint density at radius 2 is 1.84 bits per heavy atom. The van der Waals surface area contributed by atoms with Crippen LogP contribution in [0.1, 0.15) is 49.8 Å². The van der Waals surface area contributed by atoms with Crippen LogP contribution in [-0.2, 0) is 15.7 Å². The highest BCUT2D eigenvalue weighted by molar-refractivity contribution is 6.10. The maximum atomic E-state index is 13.0. The zero-order valence-corrected chi connectivity index (χ0v) is 24.9. The van der Waals surface area contributed by atoms with Gasteiger partial charge in [-0.25, -0.2) is 9.78 Å². The minimum Gasteiger partial charge on any atom is -0.494 e. The molecule has 1 aliphatic carbocycles. The summed E-state index contributed by atoms with van der Waals surface area (Å²) < 4.78 is 49.6. The van der Waals surface area contributed by atoms with Crippen LogP contribution in [0, 0.1) is 5.41 Å². The molecule has 2 aliphatic rings. The van der Waals surface area contributed by atoms with Crippen LogP contribution in [0.4, 0.5) is 18.0 Å². The summed E-state index contributed by atoms with van der Waals surface area (Å²) in [6.45, 7) is 10.0. The summed E-state index contributed by atoms with van der Waals surface area (Å²) in [6.07, 6.45) is 1.36. The molecule has 11 nitrogen and oxygen atoms in total. The number of hydrogen-bond acceptors (Lipinski definition) is 9. The van der Waals surface area contributed by atoms with Crippen LogP contribution in [0.25, 0.3) is 0 Å². The average molecular weight is 608 g/mol. The Balaban J connectivity index is 1.45. The SMILES string of the molecule is COC1=CC(=N)/C(=C\NC2CCN(CCNCCNC(=O)OC(C)(C)C)CC2)C=C1NC(=O)c1cccc(C(F)(F)F)n1. The lowest BCUT2D eigenvalue weighted by molar-refractivity contribution is -0.141. The highest BCUT2D eigenvalue weighted by Crippen LogP contribution is 2.27. The number of alkyl halides is 3.